The van der Waals surface area contributed by atoms with Gasteiger partial charge in [0.25, 0.3) is 12.1 Å². The molecule has 1 aromatic rings. The van der Waals surface area contributed by atoms with Crippen molar-refractivity contribution in [2.24, 2.45) is 5.14 Å². The molecular formula is C9H10F2N2O5S. The Balaban J connectivity index is 3.40. The van der Waals surface area contributed by atoms with Crippen molar-refractivity contribution in [3.8, 4) is 5.75 Å². The number of aryl methyl sites for hydroxylation is 1. The third-order valence-corrected chi connectivity index (χ3v) is 3.01. The Morgan fingerprint density at radius 3 is 2.47 bits per heavy atom. The van der Waals surface area contributed by atoms with Gasteiger partial charge in [-0.1, -0.05) is 0 Å². The third-order valence-electron chi connectivity index (χ3n) is 2.10. The molecule has 1 aromatic carbocycles. The average molecular weight is 296 g/mol. The molecule has 0 radical (unpaired) electrons. The number of non-ortho nitro benzene ring substituents is 1. The minimum Gasteiger partial charge on any atom is -0.486 e. The first-order valence-corrected chi connectivity index (χ1v) is 6.40. The molecule has 106 valence electrons. The summed E-state index contributed by atoms with van der Waals surface area (Å²) < 4.78 is 51.4. The van der Waals surface area contributed by atoms with Gasteiger partial charge in [0.2, 0.25) is 10.0 Å². The van der Waals surface area contributed by atoms with Crippen molar-refractivity contribution in [1.29, 1.82) is 0 Å². The second kappa shape index (κ2) is 5.45. The van der Waals surface area contributed by atoms with Crippen molar-refractivity contribution < 1.29 is 26.9 Å². The van der Waals surface area contributed by atoms with Crippen molar-refractivity contribution in [3.63, 3.8) is 0 Å². The van der Waals surface area contributed by atoms with Gasteiger partial charge >= 0.3 is 0 Å². The number of nitro groups is 1. The lowest BCUT2D eigenvalue weighted by Gasteiger charge is -2.12. The van der Waals surface area contributed by atoms with Crippen molar-refractivity contribution in [1.82, 2.24) is 0 Å². The van der Waals surface area contributed by atoms with Crippen LogP contribution in [0.1, 0.15) is 5.56 Å². The number of ether oxygens (including phenoxy) is 1. The highest BCUT2D eigenvalue weighted by atomic mass is 32.2. The lowest BCUT2D eigenvalue weighted by Crippen LogP contribution is -2.17. The number of primary sulfonamides is 1. The van der Waals surface area contributed by atoms with Gasteiger partial charge in [0.1, 0.15) is 17.3 Å². The molecule has 0 atom stereocenters. The summed E-state index contributed by atoms with van der Waals surface area (Å²) in [6.07, 6.45) is -2.82. The van der Waals surface area contributed by atoms with Crippen LogP contribution in [0.3, 0.4) is 0 Å². The summed E-state index contributed by atoms with van der Waals surface area (Å²) >= 11 is 0. The predicted molar refractivity (Wildman–Crippen MR) is 60.7 cm³/mol. The summed E-state index contributed by atoms with van der Waals surface area (Å²) in [5.41, 5.74) is -0.496. The number of benzene rings is 1. The number of halogens is 2. The number of hydrogen-bond acceptors (Lipinski definition) is 5. The molecule has 0 aliphatic heterocycles. The van der Waals surface area contributed by atoms with Gasteiger partial charge in [-0.25, -0.2) is 22.3 Å². The van der Waals surface area contributed by atoms with Crippen molar-refractivity contribution in [2.75, 3.05) is 6.61 Å². The highest BCUT2D eigenvalue weighted by Gasteiger charge is 2.23. The maximum atomic E-state index is 12.1. The zero-order chi connectivity index (χ0) is 14.8. The van der Waals surface area contributed by atoms with Gasteiger partial charge in [-0.05, 0) is 12.5 Å². The maximum Gasteiger partial charge on any atom is 0.272 e. The summed E-state index contributed by atoms with van der Waals surface area (Å²) in [6.45, 7) is 0.254. The third kappa shape index (κ3) is 3.83. The minimum absolute atomic E-state index is 0.0267. The van der Waals surface area contributed by atoms with Crippen molar-refractivity contribution in [2.45, 2.75) is 18.2 Å². The zero-order valence-electron chi connectivity index (χ0n) is 9.67. The summed E-state index contributed by atoms with van der Waals surface area (Å²) in [4.78, 5) is 9.10. The molecule has 0 bridgehead atoms. The van der Waals surface area contributed by atoms with Crippen LogP contribution < -0.4 is 9.88 Å². The molecule has 1 rings (SSSR count). The van der Waals surface area contributed by atoms with E-state index in [1.54, 1.807) is 0 Å². The molecule has 0 aliphatic rings. The molecule has 0 spiro atoms. The first-order valence-electron chi connectivity index (χ1n) is 4.85. The van der Waals surface area contributed by atoms with Crippen molar-refractivity contribution in [3.05, 3.63) is 27.8 Å². The fourth-order valence-corrected chi connectivity index (χ4v) is 2.13. The Morgan fingerprint density at radius 1 is 1.47 bits per heavy atom. The van der Waals surface area contributed by atoms with Crippen molar-refractivity contribution >= 4 is 15.7 Å². The molecule has 19 heavy (non-hydrogen) atoms. The quantitative estimate of drug-likeness (QED) is 0.648. The molecule has 2 N–H and O–H groups in total. The Bertz CT molecular complexity index is 603. The topological polar surface area (TPSA) is 113 Å². The standard InChI is InChI=1S/C9H10F2N2O5S/c1-5-2-6(13(14)15)3-7(19(12,16)17)9(5)18-4-8(10)11/h2-3,8H,4H2,1H3,(H2,12,16,17). The van der Waals surface area contributed by atoms with Crippen LogP contribution >= 0.6 is 0 Å². The average Bonchev–Trinajstić information content (AvgIpc) is 2.24. The summed E-state index contributed by atoms with van der Waals surface area (Å²) in [7, 11) is -4.33. The summed E-state index contributed by atoms with van der Waals surface area (Å²) in [5.74, 6) is -0.409. The maximum absolute atomic E-state index is 12.1. The summed E-state index contributed by atoms with van der Waals surface area (Å²) in [5, 5.41) is 15.5. The lowest BCUT2D eigenvalue weighted by molar-refractivity contribution is -0.385. The number of rotatable bonds is 5. The van der Waals surface area contributed by atoms with Gasteiger partial charge in [0, 0.05) is 12.1 Å². The van der Waals surface area contributed by atoms with E-state index in [2.05, 4.69) is 4.74 Å². The first kappa shape index (κ1) is 15.2. The monoisotopic (exact) mass is 296 g/mol. The molecule has 0 saturated heterocycles. The number of nitrogens with zero attached hydrogens (tertiary/aromatic N) is 1. The highest BCUT2D eigenvalue weighted by molar-refractivity contribution is 7.89. The van der Waals surface area contributed by atoms with Crippen LogP contribution in [0.25, 0.3) is 0 Å². The Morgan fingerprint density at radius 2 is 2.05 bits per heavy atom. The van der Waals surface area contributed by atoms with E-state index in [-0.39, 0.29) is 5.56 Å². The SMILES string of the molecule is Cc1cc([N+](=O)[O-])cc(S(N)(=O)=O)c1OCC(F)F. The van der Waals surface area contributed by atoms with Gasteiger partial charge in [-0.15, -0.1) is 0 Å². The van der Waals surface area contributed by atoms with E-state index >= 15 is 0 Å². The molecule has 10 heteroatoms. The van der Waals surface area contributed by atoms with Crippen LogP contribution in [0.2, 0.25) is 0 Å². The predicted octanol–water partition coefficient (Wildman–Crippen LogP) is 1.19. The Hall–Kier alpha value is -1.81. The molecular weight excluding hydrogens is 286 g/mol. The fraction of sp³-hybridized carbons (Fsp3) is 0.333. The number of nitro benzene ring substituents is 1. The zero-order valence-corrected chi connectivity index (χ0v) is 10.5. The van der Waals surface area contributed by atoms with E-state index in [1.165, 1.54) is 6.92 Å². The second-order valence-electron chi connectivity index (χ2n) is 3.59. The van der Waals surface area contributed by atoms with Crippen LogP contribution in [0.15, 0.2) is 17.0 Å². The fourth-order valence-electron chi connectivity index (χ4n) is 1.37. The van der Waals surface area contributed by atoms with Gasteiger partial charge in [0.15, 0.2) is 0 Å². The largest absolute Gasteiger partial charge is 0.486 e. The lowest BCUT2D eigenvalue weighted by atomic mass is 10.2. The van der Waals surface area contributed by atoms with Crippen LogP contribution in [-0.4, -0.2) is 26.4 Å². The second-order valence-corrected chi connectivity index (χ2v) is 5.12. The van der Waals surface area contributed by atoms with Crippen LogP contribution in [0, 0.1) is 17.0 Å². The van der Waals surface area contributed by atoms with Crippen LogP contribution in [-0.2, 0) is 10.0 Å². The van der Waals surface area contributed by atoms with E-state index in [4.69, 9.17) is 5.14 Å². The van der Waals surface area contributed by atoms with E-state index in [0.29, 0.717) is 6.07 Å². The molecule has 0 aromatic heterocycles. The number of sulfonamides is 1. The Labute approximate surface area is 107 Å². The van der Waals surface area contributed by atoms with E-state index in [9.17, 15) is 27.3 Å². The first-order chi connectivity index (χ1) is 8.62. The molecule has 0 saturated carbocycles. The van der Waals surface area contributed by atoms with E-state index in [0.717, 1.165) is 6.07 Å². The number of nitrogens with two attached hydrogens (primary N) is 1. The van der Waals surface area contributed by atoms with Crippen LogP contribution in [0.4, 0.5) is 14.5 Å². The number of alkyl halides is 2. The molecule has 0 aliphatic carbocycles. The van der Waals surface area contributed by atoms with Gasteiger partial charge < -0.3 is 4.74 Å². The summed E-state index contributed by atoms with van der Waals surface area (Å²) in [6, 6.07) is 1.68. The van der Waals surface area contributed by atoms with Gasteiger partial charge in [-0.2, -0.15) is 0 Å². The Kier molecular flexibility index (Phi) is 4.37. The van der Waals surface area contributed by atoms with E-state index in [1.807, 2.05) is 0 Å². The normalized spacial score (nSPS) is 11.6. The molecule has 7 nitrogen and oxygen atoms in total. The number of hydrogen-bond donors (Lipinski definition) is 1. The highest BCUT2D eigenvalue weighted by Crippen LogP contribution is 2.32. The van der Waals surface area contributed by atoms with Gasteiger partial charge in [-0.3, -0.25) is 10.1 Å². The smallest absolute Gasteiger partial charge is 0.272 e. The van der Waals surface area contributed by atoms with E-state index < -0.39 is 44.3 Å². The minimum atomic E-state index is -4.33. The molecule has 0 heterocycles. The van der Waals surface area contributed by atoms with Crippen LogP contribution in [0.5, 0.6) is 5.75 Å². The molecule has 0 amide bonds. The van der Waals surface area contributed by atoms with Gasteiger partial charge in [0.05, 0.1) is 4.92 Å². The molecule has 0 unspecified atom stereocenters. The molecule has 0 fully saturated rings.